The summed E-state index contributed by atoms with van der Waals surface area (Å²) in [6.07, 6.45) is 1.77. The summed E-state index contributed by atoms with van der Waals surface area (Å²) in [6, 6.07) is 7.61. The normalized spacial score (nSPS) is 28.3. The highest BCUT2D eigenvalue weighted by Gasteiger charge is 2.49. The van der Waals surface area contributed by atoms with Gasteiger partial charge in [-0.15, -0.1) is 0 Å². The fourth-order valence-electron chi connectivity index (χ4n) is 2.58. The number of carbonyl (C=O) groups is 2. The second-order valence-corrected chi connectivity index (χ2v) is 4.29. The van der Waals surface area contributed by atoms with E-state index in [1.165, 1.54) is 0 Å². The molecular formula is C12H11NO2. The van der Waals surface area contributed by atoms with Crippen LogP contribution in [0.1, 0.15) is 28.8 Å². The highest BCUT2D eigenvalue weighted by molar-refractivity contribution is 6.10. The Kier molecular flexibility index (Phi) is 1.55. The Morgan fingerprint density at radius 2 is 2.00 bits per heavy atom. The monoisotopic (exact) mass is 201 g/mol. The molecule has 0 aromatic heterocycles. The van der Waals surface area contributed by atoms with Crippen molar-refractivity contribution in [1.82, 2.24) is 5.32 Å². The van der Waals surface area contributed by atoms with Gasteiger partial charge in [0.05, 0.1) is 0 Å². The van der Waals surface area contributed by atoms with Crippen LogP contribution >= 0.6 is 0 Å². The lowest BCUT2D eigenvalue weighted by atomic mass is 9.93. The molecule has 76 valence electrons. The number of fused-ring (bicyclic) bond motifs is 1. The van der Waals surface area contributed by atoms with Crippen LogP contribution in [0, 0.1) is 0 Å². The maximum atomic E-state index is 12.2. The highest BCUT2D eigenvalue weighted by Crippen LogP contribution is 2.35. The standard InChI is InChI=1S/C12H11NO2/c14-10-5-6-12(13-10)7-8-3-1-2-4-9(8)11(12)15/h1-4H,5-7H2,(H,13,14). The van der Waals surface area contributed by atoms with Gasteiger partial charge in [0.15, 0.2) is 5.78 Å². The minimum atomic E-state index is -0.610. The molecular weight excluding hydrogens is 190 g/mol. The first kappa shape index (κ1) is 8.65. The first-order valence-corrected chi connectivity index (χ1v) is 5.15. The van der Waals surface area contributed by atoms with Crippen molar-refractivity contribution in [1.29, 1.82) is 0 Å². The van der Waals surface area contributed by atoms with Crippen LogP contribution in [0.15, 0.2) is 24.3 Å². The maximum Gasteiger partial charge on any atom is 0.220 e. The Hall–Kier alpha value is -1.64. The summed E-state index contributed by atoms with van der Waals surface area (Å²) in [5, 5.41) is 2.84. The van der Waals surface area contributed by atoms with Crippen molar-refractivity contribution in [2.45, 2.75) is 24.8 Å². The van der Waals surface area contributed by atoms with Crippen molar-refractivity contribution in [3.63, 3.8) is 0 Å². The van der Waals surface area contributed by atoms with E-state index in [-0.39, 0.29) is 11.7 Å². The molecule has 1 atom stereocenters. The number of rotatable bonds is 0. The molecule has 1 aromatic carbocycles. The maximum absolute atomic E-state index is 12.2. The molecule has 3 nitrogen and oxygen atoms in total. The van der Waals surface area contributed by atoms with E-state index in [1.54, 1.807) is 0 Å². The van der Waals surface area contributed by atoms with Crippen molar-refractivity contribution < 1.29 is 9.59 Å². The molecule has 15 heavy (non-hydrogen) atoms. The van der Waals surface area contributed by atoms with E-state index in [0.29, 0.717) is 19.3 Å². The Bertz CT molecular complexity index is 466. The van der Waals surface area contributed by atoms with E-state index in [4.69, 9.17) is 0 Å². The molecule has 0 saturated carbocycles. The Balaban J connectivity index is 2.07. The van der Waals surface area contributed by atoms with Gasteiger partial charge in [0.2, 0.25) is 5.91 Å². The van der Waals surface area contributed by atoms with E-state index in [1.807, 2.05) is 24.3 Å². The van der Waals surface area contributed by atoms with Crippen molar-refractivity contribution in [2.75, 3.05) is 0 Å². The third-order valence-corrected chi connectivity index (χ3v) is 3.35. The summed E-state index contributed by atoms with van der Waals surface area (Å²) in [7, 11) is 0. The van der Waals surface area contributed by atoms with Crippen LogP contribution in [0.3, 0.4) is 0 Å². The van der Waals surface area contributed by atoms with Gasteiger partial charge in [-0.05, 0) is 12.0 Å². The number of ketones is 1. The van der Waals surface area contributed by atoms with Crippen molar-refractivity contribution in [3.05, 3.63) is 35.4 Å². The lowest BCUT2D eigenvalue weighted by Gasteiger charge is -2.20. The summed E-state index contributed by atoms with van der Waals surface area (Å²) in [5.41, 5.74) is 1.23. The molecule has 1 unspecified atom stereocenters. The van der Waals surface area contributed by atoms with Crippen LogP contribution in [-0.2, 0) is 11.2 Å². The predicted molar refractivity (Wildman–Crippen MR) is 54.6 cm³/mol. The summed E-state index contributed by atoms with van der Waals surface area (Å²) >= 11 is 0. The number of benzene rings is 1. The smallest absolute Gasteiger partial charge is 0.220 e. The molecule has 0 bridgehead atoms. The minimum Gasteiger partial charge on any atom is -0.343 e. The van der Waals surface area contributed by atoms with Crippen LogP contribution in [-0.4, -0.2) is 17.2 Å². The van der Waals surface area contributed by atoms with Gasteiger partial charge in [0.1, 0.15) is 5.54 Å². The summed E-state index contributed by atoms with van der Waals surface area (Å²) in [6.45, 7) is 0. The second-order valence-electron chi connectivity index (χ2n) is 4.29. The largest absolute Gasteiger partial charge is 0.343 e. The SMILES string of the molecule is O=C1CCC2(Cc3ccccc3C2=O)N1. The van der Waals surface area contributed by atoms with Gasteiger partial charge in [-0.2, -0.15) is 0 Å². The van der Waals surface area contributed by atoms with Crippen molar-refractivity contribution in [3.8, 4) is 0 Å². The van der Waals surface area contributed by atoms with Crippen LogP contribution in [0.25, 0.3) is 0 Å². The lowest BCUT2D eigenvalue weighted by molar-refractivity contribution is -0.119. The van der Waals surface area contributed by atoms with Gasteiger partial charge in [-0.1, -0.05) is 24.3 Å². The number of carbonyl (C=O) groups excluding carboxylic acids is 2. The number of nitrogens with one attached hydrogen (secondary N) is 1. The zero-order valence-corrected chi connectivity index (χ0v) is 8.25. The zero-order valence-electron chi connectivity index (χ0n) is 8.25. The summed E-state index contributed by atoms with van der Waals surface area (Å²) in [5.74, 6) is 0.0834. The molecule has 1 saturated heterocycles. The van der Waals surface area contributed by atoms with Crippen LogP contribution in [0.4, 0.5) is 0 Å². The minimum absolute atomic E-state index is 0.00356. The molecule has 1 spiro atoms. The third kappa shape index (κ3) is 1.06. The highest BCUT2D eigenvalue weighted by atomic mass is 16.2. The number of hydrogen-bond acceptors (Lipinski definition) is 2. The quantitative estimate of drug-likeness (QED) is 0.682. The molecule has 3 rings (SSSR count). The van der Waals surface area contributed by atoms with Gasteiger partial charge in [-0.25, -0.2) is 0 Å². The molecule has 2 aliphatic rings. The average Bonchev–Trinajstić information content (AvgIpc) is 2.72. The van der Waals surface area contributed by atoms with E-state index in [2.05, 4.69) is 5.32 Å². The summed E-state index contributed by atoms with van der Waals surface area (Å²) < 4.78 is 0. The first-order valence-electron chi connectivity index (χ1n) is 5.15. The predicted octanol–water partition coefficient (Wildman–Crippen LogP) is 1.07. The fraction of sp³-hybridized carbons (Fsp3) is 0.333. The van der Waals surface area contributed by atoms with Gasteiger partial charge < -0.3 is 5.32 Å². The molecule has 1 fully saturated rings. The van der Waals surface area contributed by atoms with E-state index >= 15 is 0 Å². The molecule has 1 amide bonds. The van der Waals surface area contributed by atoms with E-state index in [9.17, 15) is 9.59 Å². The topological polar surface area (TPSA) is 46.2 Å². The van der Waals surface area contributed by atoms with E-state index in [0.717, 1.165) is 11.1 Å². The molecule has 1 aliphatic heterocycles. The van der Waals surface area contributed by atoms with Gasteiger partial charge in [0, 0.05) is 18.4 Å². The van der Waals surface area contributed by atoms with Gasteiger partial charge >= 0.3 is 0 Å². The Labute approximate surface area is 87.5 Å². The molecule has 0 radical (unpaired) electrons. The van der Waals surface area contributed by atoms with Crippen LogP contribution < -0.4 is 5.32 Å². The second kappa shape index (κ2) is 2.69. The Morgan fingerprint density at radius 1 is 1.20 bits per heavy atom. The van der Waals surface area contributed by atoms with Gasteiger partial charge in [-0.3, -0.25) is 9.59 Å². The first-order chi connectivity index (χ1) is 7.21. The van der Waals surface area contributed by atoms with Crippen LogP contribution in [0.5, 0.6) is 0 Å². The Morgan fingerprint density at radius 3 is 2.67 bits per heavy atom. The lowest BCUT2D eigenvalue weighted by Crippen LogP contribution is -2.46. The molecule has 3 heteroatoms. The molecule has 1 heterocycles. The van der Waals surface area contributed by atoms with E-state index < -0.39 is 5.54 Å². The number of Topliss-reactive ketones (excluding diaryl/α,β-unsaturated/α-hetero) is 1. The molecule has 1 aliphatic carbocycles. The van der Waals surface area contributed by atoms with Gasteiger partial charge in [0.25, 0.3) is 0 Å². The fourth-order valence-corrected chi connectivity index (χ4v) is 2.58. The molecule has 1 aromatic rings. The number of amides is 1. The molecule has 1 N–H and O–H groups in total. The van der Waals surface area contributed by atoms with Crippen molar-refractivity contribution in [2.24, 2.45) is 0 Å². The summed E-state index contributed by atoms with van der Waals surface area (Å²) in [4.78, 5) is 23.4. The zero-order chi connectivity index (χ0) is 10.5. The van der Waals surface area contributed by atoms with Crippen LogP contribution in [0.2, 0.25) is 0 Å². The van der Waals surface area contributed by atoms with Crippen molar-refractivity contribution >= 4 is 11.7 Å². The third-order valence-electron chi connectivity index (χ3n) is 3.35. The number of hydrogen-bond donors (Lipinski definition) is 1. The average molecular weight is 201 g/mol.